The summed E-state index contributed by atoms with van der Waals surface area (Å²) in [4.78, 5) is 10.5. The van der Waals surface area contributed by atoms with E-state index in [1.54, 1.807) is 0 Å². The molecule has 0 aromatic heterocycles. The fourth-order valence-electron chi connectivity index (χ4n) is 1.23. The molecule has 5 nitrogen and oxygen atoms in total. The molecule has 1 saturated heterocycles. The molecular formula is C9H16O5. The van der Waals surface area contributed by atoms with Gasteiger partial charge in [0.15, 0.2) is 5.60 Å². The van der Waals surface area contributed by atoms with Crippen LogP contribution in [0.25, 0.3) is 0 Å². The van der Waals surface area contributed by atoms with E-state index < -0.39 is 11.6 Å². The minimum absolute atomic E-state index is 0.0552. The summed E-state index contributed by atoms with van der Waals surface area (Å²) >= 11 is 0. The van der Waals surface area contributed by atoms with Gasteiger partial charge in [-0.2, -0.15) is 0 Å². The number of hydrogen-bond acceptors (Lipinski definition) is 4. The van der Waals surface area contributed by atoms with Gasteiger partial charge in [-0.05, 0) is 19.8 Å². The first-order valence-corrected chi connectivity index (χ1v) is 4.67. The average Bonchev–Trinajstić information content (AvgIpc) is 2.56. The number of aliphatic hydroxyl groups is 1. The molecule has 2 unspecified atom stereocenters. The van der Waals surface area contributed by atoms with Gasteiger partial charge >= 0.3 is 5.97 Å². The maximum Gasteiger partial charge on any atom is 0.337 e. The average molecular weight is 204 g/mol. The molecule has 14 heavy (non-hydrogen) atoms. The second-order valence-electron chi connectivity index (χ2n) is 3.73. The summed E-state index contributed by atoms with van der Waals surface area (Å²) in [5.74, 6) is -1.27. The van der Waals surface area contributed by atoms with Crippen molar-refractivity contribution in [1.82, 2.24) is 0 Å². The Balaban J connectivity index is 2.16. The first-order valence-electron chi connectivity index (χ1n) is 4.67. The third-order valence-electron chi connectivity index (χ3n) is 2.17. The lowest BCUT2D eigenvalue weighted by Gasteiger charge is -2.19. The van der Waals surface area contributed by atoms with E-state index in [2.05, 4.69) is 0 Å². The number of rotatable bonds is 5. The number of carboxylic acids is 1. The van der Waals surface area contributed by atoms with Crippen molar-refractivity contribution in [2.45, 2.75) is 31.5 Å². The minimum Gasteiger partial charge on any atom is -0.479 e. The zero-order valence-electron chi connectivity index (χ0n) is 8.23. The molecule has 2 N–H and O–H groups in total. The van der Waals surface area contributed by atoms with E-state index in [-0.39, 0.29) is 12.7 Å². The van der Waals surface area contributed by atoms with Gasteiger partial charge < -0.3 is 19.7 Å². The molecule has 1 rings (SSSR count). The minimum atomic E-state index is -1.81. The van der Waals surface area contributed by atoms with Gasteiger partial charge in [-0.15, -0.1) is 0 Å². The molecule has 1 aliphatic rings. The Labute approximate surface area is 82.6 Å². The van der Waals surface area contributed by atoms with Gasteiger partial charge in [-0.3, -0.25) is 0 Å². The largest absolute Gasteiger partial charge is 0.479 e. The van der Waals surface area contributed by atoms with Gasteiger partial charge in [-0.1, -0.05) is 0 Å². The maximum absolute atomic E-state index is 10.5. The third kappa shape index (κ3) is 3.25. The summed E-state index contributed by atoms with van der Waals surface area (Å²) in [5.41, 5.74) is -1.81. The Hall–Kier alpha value is -0.650. The molecule has 2 atom stereocenters. The third-order valence-corrected chi connectivity index (χ3v) is 2.17. The number of ether oxygens (including phenoxy) is 2. The highest BCUT2D eigenvalue weighted by molar-refractivity contribution is 5.76. The normalized spacial score (nSPS) is 26.0. The predicted octanol–water partition coefficient (Wildman–Crippen LogP) is 0.0176. The van der Waals surface area contributed by atoms with Crippen molar-refractivity contribution in [3.8, 4) is 0 Å². The molecule has 0 spiro atoms. The topological polar surface area (TPSA) is 76.0 Å². The van der Waals surface area contributed by atoms with Gasteiger partial charge in [0.2, 0.25) is 0 Å². The van der Waals surface area contributed by atoms with Crippen LogP contribution in [-0.4, -0.2) is 47.7 Å². The fourth-order valence-corrected chi connectivity index (χ4v) is 1.23. The Bertz CT molecular complexity index is 195. The Morgan fingerprint density at radius 3 is 2.93 bits per heavy atom. The van der Waals surface area contributed by atoms with E-state index in [0.29, 0.717) is 6.61 Å². The van der Waals surface area contributed by atoms with E-state index in [9.17, 15) is 9.90 Å². The van der Waals surface area contributed by atoms with Crippen molar-refractivity contribution in [1.29, 1.82) is 0 Å². The Morgan fingerprint density at radius 2 is 2.43 bits per heavy atom. The smallest absolute Gasteiger partial charge is 0.337 e. The van der Waals surface area contributed by atoms with Gasteiger partial charge in [0.1, 0.15) is 0 Å². The molecular weight excluding hydrogens is 188 g/mol. The van der Waals surface area contributed by atoms with E-state index in [0.717, 1.165) is 19.4 Å². The molecule has 0 aromatic carbocycles. The van der Waals surface area contributed by atoms with Crippen molar-refractivity contribution < 1.29 is 24.5 Å². The molecule has 0 amide bonds. The van der Waals surface area contributed by atoms with Crippen LogP contribution in [0.2, 0.25) is 0 Å². The van der Waals surface area contributed by atoms with Crippen LogP contribution in [0.5, 0.6) is 0 Å². The summed E-state index contributed by atoms with van der Waals surface area (Å²) in [6.45, 7) is 2.10. The summed E-state index contributed by atoms with van der Waals surface area (Å²) < 4.78 is 10.4. The van der Waals surface area contributed by atoms with Crippen LogP contribution in [-0.2, 0) is 14.3 Å². The molecule has 1 heterocycles. The monoisotopic (exact) mass is 204 g/mol. The summed E-state index contributed by atoms with van der Waals surface area (Å²) in [7, 11) is 0. The number of carboxylic acid groups (broad SMARTS) is 1. The second kappa shape index (κ2) is 4.72. The highest BCUT2D eigenvalue weighted by atomic mass is 16.5. The number of hydrogen-bond donors (Lipinski definition) is 2. The highest BCUT2D eigenvalue weighted by Crippen LogP contribution is 2.13. The Kier molecular flexibility index (Phi) is 3.86. The molecule has 5 heteroatoms. The SMILES string of the molecule is CC(O)(COCC1CCCO1)C(=O)O. The standard InChI is InChI=1S/C9H16O5/c1-9(12,8(10)11)6-13-5-7-3-2-4-14-7/h7,12H,2-6H2,1H3,(H,10,11). The van der Waals surface area contributed by atoms with Crippen molar-refractivity contribution in [3.63, 3.8) is 0 Å². The quantitative estimate of drug-likeness (QED) is 0.660. The van der Waals surface area contributed by atoms with Crippen LogP contribution in [0.3, 0.4) is 0 Å². The molecule has 0 radical (unpaired) electrons. The van der Waals surface area contributed by atoms with Crippen molar-refractivity contribution in [3.05, 3.63) is 0 Å². The molecule has 0 bridgehead atoms. The van der Waals surface area contributed by atoms with E-state index >= 15 is 0 Å². The van der Waals surface area contributed by atoms with Crippen molar-refractivity contribution >= 4 is 5.97 Å². The first kappa shape index (κ1) is 11.4. The number of carbonyl (C=O) groups is 1. The van der Waals surface area contributed by atoms with Crippen LogP contribution in [0.1, 0.15) is 19.8 Å². The van der Waals surface area contributed by atoms with Gasteiger partial charge in [0, 0.05) is 6.61 Å². The van der Waals surface area contributed by atoms with Crippen LogP contribution in [0.4, 0.5) is 0 Å². The molecule has 0 saturated carbocycles. The second-order valence-corrected chi connectivity index (χ2v) is 3.73. The summed E-state index contributed by atoms with van der Waals surface area (Å²) in [6.07, 6.45) is 2.01. The summed E-state index contributed by atoms with van der Waals surface area (Å²) in [6, 6.07) is 0. The van der Waals surface area contributed by atoms with E-state index in [1.807, 2.05) is 0 Å². The molecule has 0 aromatic rings. The van der Waals surface area contributed by atoms with E-state index in [4.69, 9.17) is 14.6 Å². The number of aliphatic carboxylic acids is 1. The zero-order chi connectivity index (χ0) is 10.6. The highest BCUT2D eigenvalue weighted by Gasteiger charge is 2.30. The lowest BCUT2D eigenvalue weighted by atomic mass is 10.1. The van der Waals surface area contributed by atoms with Gasteiger partial charge in [0.05, 0.1) is 19.3 Å². The van der Waals surface area contributed by atoms with Crippen LogP contribution in [0, 0.1) is 0 Å². The molecule has 1 aliphatic heterocycles. The fraction of sp³-hybridized carbons (Fsp3) is 0.889. The first-order chi connectivity index (χ1) is 6.52. The van der Waals surface area contributed by atoms with Gasteiger partial charge in [0.25, 0.3) is 0 Å². The van der Waals surface area contributed by atoms with Crippen molar-refractivity contribution in [2.24, 2.45) is 0 Å². The maximum atomic E-state index is 10.5. The van der Waals surface area contributed by atoms with E-state index in [1.165, 1.54) is 6.92 Å². The summed E-state index contributed by atoms with van der Waals surface area (Å²) in [5, 5.41) is 17.9. The Morgan fingerprint density at radius 1 is 1.71 bits per heavy atom. The van der Waals surface area contributed by atoms with Gasteiger partial charge in [-0.25, -0.2) is 4.79 Å². The van der Waals surface area contributed by atoms with Crippen LogP contribution >= 0.6 is 0 Å². The lowest BCUT2D eigenvalue weighted by molar-refractivity contribution is -0.163. The zero-order valence-corrected chi connectivity index (χ0v) is 8.23. The lowest BCUT2D eigenvalue weighted by Crippen LogP contribution is -2.40. The van der Waals surface area contributed by atoms with Crippen LogP contribution < -0.4 is 0 Å². The molecule has 0 aliphatic carbocycles. The van der Waals surface area contributed by atoms with Crippen molar-refractivity contribution in [2.75, 3.05) is 19.8 Å². The predicted molar refractivity (Wildman–Crippen MR) is 48.1 cm³/mol. The van der Waals surface area contributed by atoms with Crippen LogP contribution in [0.15, 0.2) is 0 Å². The molecule has 82 valence electrons. The molecule has 1 fully saturated rings.